The van der Waals surface area contributed by atoms with E-state index in [4.69, 9.17) is 0 Å². The molecule has 3 rings (SSSR count). The second-order valence-corrected chi connectivity index (χ2v) is 9.59. The fourth-order valence-corrected chi connectivity index (χ4v) is 4.24. The fourth-order valence-electron chi connectivity index (χ4n) is 3.37. The molecule has 1 aliphatic rings. The standard InChI is InChI=1S/C26H29N3O4S/c1-16(2)22(28-23(30)20-11-7-18(4)8-12-20)24(31)27-13-14-29-25(32)21(34-26(29)33)15-19-9-5-17(3)6-10-19/h5-12,15-16,22H,13-14H2,1-4H3,(H,27,31)(H,28,30). The van der Waals surface area contributed by atoms with Gasteiger partial charge in [0.1, 0.15) is 6.04 Å². The van der Waals surface area contributed by atoms with E-state index >= 15 is 0 Å². The lowest BCUT2D eigenvalue weighted by Crippen LogP contribution is -2.51. The first-order valence-corrected chi connectivity index (χ1v) is 11.9. The van der Waals surface area contributed by atoms with Gasteiger partial charge in [-0.05, 0) is 55.3 Å². The summed E-state index contributed by atoms with van der Waals surface area (Å²) >= 11 is 0.887. The third-order valence-electron chi connectivity index (χ3n) is 5.43. The van der Waals surface area contributed by atoms with Crippen LogP contribution < -0.4 is 10.6 Å². The monoisotopic (exact) mass is 479 g/mol. The quantitative estimate of drug-likeness (QED) is 0.560. The second-order valence-electron chi connectivity index (χ2n) is 8.60. The molecule has 0 saturated carbocycles. The Morgan fingerprint density at radius 3 is 2.15 bits per heavy atom. The Labute approximate surface area is 204 Å². The number of hydrogen-bond donors (Lipinski definition) is 2. The van der Waals surface area contributed by atoms with Crippen molar-refractivity contribution in [3.8, 4) is 0 Å². The van der Waals surface area contributed by atoms with Crippen LogP contribution in [0, 0.1) is 19.8 Å². The van der Waals surface area contributed by atoms with Crippen molar-refractivity contribution < 1.29 is 19.2 Å². The SMILES string of the molecule is Cc1ccc(C=C2SC(=O)N(CCNC(=O)C(NC(=O)c3ccc(C)cc3)C(C)C)C2=O)cc1. The number of rotatable bonds is 8. The number of carbonyl (C=O) groups is 4. The third-order valence-corrected chi connectivity index (χ3v) is 6.34. The van der Waals surface area contributed by atoms with Crippen molar-refractivity contribution in [3.63, 3.8) is 0 Å². The number of hydrogen-bond acceptors (Lipinski definition) is 5. The summed E-state index contributed by atoms with van der Waals surface area (Å²) in [5, 5.41) is 5.15. The number of benzene rings is 2. The summed E-state index contributed by atoms with van der Waals surface area (Å²) in [7, 11) is 0. The van der Waals surface area contributed by atoms with Gasteiger partial charge in [0.2, 0.25) is 5.91 Å². The van der Waals surface area contributed by atoms with Crippen LogP contribution in [0.4, 0.5) is 4.79 Å². The van der Waals surface area contributed by atoms with Crippen LogP contribution in [0.15, 0.2) is 53.4 Å². The van der Waals surface area contributed by atoms with Gasteiger partial charge in [-0.15, -0.1) is 0 Å². The lowest BCUT2D eigenvalue weighted by Gasteiger charge is -2.22. The third kappa shape index (κ3) is 6.35. The van der Waals surface area contributed by atoms with Crippen LogP contribution >= 0.6 is 11.8 Å². The van der Waals surface area contributed by atoms with Crippen LogP contribution in [0.3, 0.4) is 0 Å². The highest BCUT2D eigenvalue weighted by atomic mass is 32.2. The van der Waals surface area contributed by atoms with E-state index in [1.165, 1.54) is 0 Å². The molecule has 178 valence electrons. The number of thioether (sulfide) groups is 1. The van der Waals surface area contributed by atoms with Crippen LogP contribution in [0.1, 0.15) is 40.9 Å². The predicted octanol–water partition coefficient (Wildman–Crippen LogP) is 3.91. The maximum atomic E-state index is 12.7. The number of carbonyl (C=O) groups excluding carboxylic acids is 4. The van der Waals surface area contributed by atoms with E-state index in [-0.39, 0.29) is 42.0 Å². The molecule has 0 radical (unpaired) electrons. The van der Waals surface area contributed by atoms with Crippen LogP contribution in [0.2, 0.25) is 0 Å². The van der Waals surface area contributed by atoms with Gasteiger partial charge in [0.05, 0.1) is 4.91 Å². The Bertz CT molecular complexity index is 1110. The van der Waals surface area contributed by atoms with Gasteiger partial charge in [-0.3, -0.25) is 24.1 Å². The molecule has 0 spiro atoms. The molecule has 4 amide bonds. The first-order valence-electron chi connectivity index (χ1n) is 11.1. The first kappa shape index (κ1) is 25.2. The van der Waals surface area contributed by atoms with Crippen molar-refractivity contribution in [2.24, 2.45) is 5.92 Å². The van der Waals surface area contributed by atoms with Crippen molar-refractivity contribution in [2.75, 3.05) is 13.1 Å². The topological polar surface area (TPSA) is 95.6 Å². The molecule has 1 unspecified atom stereocenters. The maximum absolute atomic E-state index is 12.7. The van der Waals surface area contributed by atoms with Crippen molar-refractivity contribution in [3.05, 3.63) is 75.7 Å². The van der Waals surface area contributed by atoms with Gasteiger partial charge >= 0.3 is 0 Å². The van der Waals surface area contributed by atoms with Gasteiger partial charge in [0.25, 0.3) is 17.1 Å². The molecule has 2 aromatic carbocycles. The molecule has 2 N–H and O–H groups in total. The average molecular weight is 480 g/mol. The molecule has 1 aliphatic heterocycles. The predicted molar refractivity (Wildman–Crippen MR) is 134 cm³/mol. The van der Waals surface area contributed by atoms with E-state index in [2.05, 4.69) is 10.6 Å². The highest BCUT2D eigenvalue weighted by Crippen LogP contribution is 2.31. The van der Waals surface area contributed by atoms with Crippen molar-refractivity contribution in [1.82, 2.24) is 15.5 Å². The van der Waals surface area contributed by atoms with E-state index in [0.29, 0.717) is 10.5 Å². The summed E-state index contributed by atoms with van der Waals surface area (Å²) in [5.74, 6) is -1.22. The largest absolute Gasteiger partial charge is 0.353 e. The second kappa shape index (κ2) is 11.2. The molecule has 7 nitrogen and oxygen atoms in total. The maximum Gasteiger partial charge on any atom is 0.293 e. The highest BCUT2D eigenvalue weighted by Gasteiger charge is 2.35. The molecule has 0 aromatic heterocycles. The average Bonchev–Trinajstić information content (AvgIpc) is 3.06. The lowest BCUT2D eigenvalue weighted by molar-refractivity contribution is -0.125. The minimum absolute atomic E-state index is 0.0539. The zero-order valence-electron chi connectivity index (χ0n) is 19.8. The molecule has 1 saturated heterocycles. The number of aryl methyl sites for hydroxylation is 2. The van der Waals surface area contributed by atoms with Gasteiger partial charge in [-0.2, -0.15) is 0 Å². The molecular weight excluding hydrogens is 450 g/mol. The van der Waals surface area contributed by atoms with E-state index in [1.54, 1.807) is 18.2 Å². The van der Waals surface area contributed by atoms with Gasteiger partial charge < -0.3 is 10.6 Å². The first-order chi connectivity index (χ1) is 16.2. The molecule has 1 atom stereocenters. The fraction of sp³-hybridized carbons (Fsp3) is 0.308. The van der Waals surface area contributed by atoms with Crippen molar-refractivity contribution in [2.45, 2.75) is 33.7 Å². The van der Waals surface area contributed by atoms with Crippen LogP contribution in [-0.4, -0.2) is 47.0 Å². The van der Waals surface area contributed by atoms with Crippen LogP contribution in [0.5, 0.6) is 0 Å². The van der Waals surface area contributed by atoms with E-state index in [0.717, 1.165) is 33.4 Å². The lowest BCUT2D eigenvalue weighted by atomic mass is 10.0. The zero-order chi connectivity index (χ0) is 24.8. The molecular formula is C26H29N3O4S. The number of nitrogens with one attached hydrogen (secondary N) is 2. The summed E-state index contributed by atoms with van der Waals surface area (Å²) in [6, 6.07) is 14.0. The van der Waals surface area contributed by atoms with Crippen LogP contribution in [-0.2, 0) is 9.59 Å². The van der Waals surface area contributed by atoms with E-state index < -0.39 is 6.04 Å². The van der Waals surface area contributed by atoms with Gasteiger partial charge in [0, 0.05) is 18.7 Å². The van der Waals surface area contributed by atoms with Crippen molar-refractivity contribution in [1.29, 1.82) is 0 Å². The Morgan fingerprint density at radius 1 is 0.971 bits per heavy atom. The summed E-state index contributed by atoms with van der Waals surface area (Å²) in [6.45, 7) is 7.74. The highest BCUT2D eigenvalue weighted by molar-refractivity contribution is 8.18. The Kier molecular flexibility index (Phi) is 8.28. The number of imide groups is 1. The summed E-state index contributed by atoms with van der Waals surface area (Å²) < 4.78 is 0. The summed E-state index contributed by atoms with van der Waals surface area (Å²) in [6.07, 6.45) is 1.69. The molecule has 8 heteroatoms. The van der Waals surface area contributed by atoms with Gasteiger partial charge in [-0.1, -0.05) is 61.4 Å². The Balaban J connectivity index is 1.56. The number of amides is 4. The molecule has 1 fully saturated rings. The minimum Gasteiger partial charge on any atom is -0.353 e. The molecule has 2 aromatic rings. The Hall–Kier alpha value is -3.39. The smallest absolute Gasteiger partial charge is 0.293 e. The summed E-state index contributed by atoms with van der Waals surface area (Å²) in [4.78, 5) is 51.8. The minimum atomic E-state index is -0.745. The number of nitrogens with zero attached hydrogens (tertiary/aromatic N) is 1. The van der Waals surface area contributed by atoms with Gasteiger partial charge in [0.15, 0.2) is 0 Å². The zero-order valence-corrected chi connectivity index (χ0v) is 20.6. The molecule has 0 bridgehead atoms. The molecule has 0 aliphatic carbocycles. The van der Waals surface area contributed by atoms with E-state index in [9.17, 15) is 19.2 Å². The Morgan fingerprint density at radius 2 is 1.56 bits per heavy atom. The summed E-state index contributed by atoms with van der Waals surface area (Å²) in [5.41, 5.74) is 3.46. The van der Waals surface area contributed by atoms with E-state index in [1.807, 2.05) is 64.1 Å². The van der Waals surface area contributed by atoms with Gasteiger partial charge in [-0.25, -0.2) is 0 Å². The molecule has 1 heterocycles. The normalized spacial score (nSPS) is 15.7. The molecule has 34 heavy (non-hydrogen) atoms. The van der Waals surface area contributed by atoms with Crippen LogP contribution in [0.25, 0.3) is 6.08 Å². The van der Waals surface area contributed by atoms with Crippen molar-refractivity contribution >= 4 is 40.8 Å².